The van der Waals surface area contributed by atoms with Crippen molar-refractivity contribution in [3.8, 4) is 11.5 Å². The molecule has 1 amide bonds. The first kappa shape index (κ1) is 22.5. The summed E-state index contributed by atoms with van der Waals surface area (Å²) in [6, 6.07) is 18.4. The first-order valence-electron chi connectivity index (χ1n) is 10.2. The Morgan fingerprint density at radius 3 is 2.09 bits per heavy atom. The van der Waals surface area contributed by atoms with Gasteiger partial charge in [0.05, 0.1) is 4.90 Å². The van der Waals surface area contributed by atoms with Crippen LogP contribution in [-0.4, -0.2) is 42.8 Å². The highest BCUT2D eigenvalue weighted by molar-refractivity contribution is 7.89. The molecule has 0 spiro atoms. The van der Waals surface area contributed by atoms with Crippen molar-refractivity contribution in [2.24, 2.45) is 0 Å². The molecule has 3 aromatic carbocycles. The van der Waals surface area contributed by atoms with Crippen LogP contribution < -0.4 is 10.1 Å². The minimum atomic E-state index is -4.05. The zero-order chi connectivity index (χ0) is 23.6. The van der Waals surface area contributed by atoms with Crippen LogP contribution in [-0.2, 0) is 27.8 Å². The van der Waals surface area contributed by atoms with E-state index in [2.05, 4.69) is 5.32 Å². The van der Waals surface area contributed by atoms with E-state index in [0.29, 0.717) is 17.1 Å². The largest absolute Gasteiger partial charge is 0.480 e. The number of amides is 1. The highest BCUT2D eigenvalue weighted by Gasteiger charge is 2.39. The lowest BCUT2D eigenvalue weighted by Gasteiger charge is -2.33. The summed E-state index contributed by atoms with van der Waals surface area (Å²) in [5.41, 5.74) is 2.11. The highest BCUT2D eigenvalue weighted by atomic mass is 32.2. The average Bonchev–Trinajstić information content (AvgIpc) is 2.83. The van der Waals surface area contributed by atoms with Crippen molar-refractivity contribution in [3.05, 3.63) is 89.5 Å². The summed E-state index contributed by atoms with van der Waals surface area (Å²) in [6.45, 7) is -0.00852. The van der Waals surface area contributed by atoms with E-state index in [0.717, 1.165) is 15.4 Å². The number of carboxylic acids is 1. The normalized spacial score (nSPS) is 16.0. The van der Waals surface area contributed by atoms with Crippen molar-refractivity contribution >= 4 is 21.9 Å². The Hall–Kier alpha value is -3.69. The predicted molar refractivity (Wildman–Crippen MR) is 121 cm³/mol. The van der Waals surface area contributed by atoms with E-state index >= 15 is 0 Å². The summed E-state index contributed by atoms with van der Waals surface area (Å²) in [4.78, 5) is 23.5. The van der Waals surface area contributed by atoms with Crippen LogP contribution in [0.4, 0.5) is 0 Å². The molecule has 2 N–H and O–H groups in total. The van der Waals surface area contributed by atoms with E-state index in [9.17, 15) is 23.1 Å². The molecule has 0 aliphatic carbocycles. The summed E-state index contributed by atoms with van der Waals surface area (Å²) in [5.74, 6) is -0.512. The SMILES string of the molecule is CNC(=O)c1ccc(Oc2ccc(S(=O)(=O)N3Cc4ccccc4C[C@@H]3C(=O)O)cc2)cc1. The Balaban J connectivity index is 1.55. The van der Waals surface area contributed by atoms with Crippen molar-refractivity contribution in [1.29, 1.82) is 0 Å². The standard InChI is InChI=1S/C24H22N2O6S/c1-25-23(27)16-6-8-19(9-7-16)32-20-10-12-21(13-11-20)33(30,31)26-15-18-5-3-2-4-17(18)14-22(26)24(28)29/h2-13,22H,14-15H2,1H3,(H,25,27)(H,28,29)/t22-/m1/s1. The van der Waals surface area contributed by atoms with Crippen LogP contribution >= 0.6 is 0 Å². The van der Waals surface area contributed by atoms with Crippen LogP contribution in [0, 0.1) is 0 Å². The summed E-state index contributed by atoms with van der Waals surface area (Å²) in [7, 11) is -2.51. The number of sulfonamides is 1. The quantitative estimate of drug-likeness (QED) is 0.577. The van der Waals surface area contributed by atoms with Crippen LogP contribution in [0.3, 0.4) is 0 Å². The molecule has 1 heterocycles. The van der Waals surface area contributed by atoms with Crippen LogP contribution in [0.2, 0.25) is 0 Å². The van der Waals surface area contributed by atoms with Crippen molar-refractivity contribution in [2.75, 3.05) is 7.05 Å². The molecular weight excluding hydrogens is 444 g/mol. The van der Waals surface area contributed by atoms with E-state index in [-0.39, 0.29) is 23.8 Å². The number of fused-ring (bicyclic) bond motifs is 1. The van der Waals surface area contributed by atoms with Gasteiger partial charge in [0.15, 0.2) is 0 Å². The Bertz CT molecular complexity index is 1290. The molecule has 1 atom stereocenters. The number of hydrogen-bond donors (Lipinski definition) is 2. The summed E-state index contributed by atoms with van der Waals surface area (Å²) < 4.78 is 33.4. The lowest BCUT2D eigenvalue weighted by molar-refractivity contribution is -0.141. The van der Waals surface area contributed by atoms with Gasteiger partial charge in [-0.15, -0.1) is 0 Å². The molecule has 0 unspecified atom stereocenters. The average molecular weight is 467 g/mol. The molecule has 0 bridgehead atoms. The Kier molecular flexibility index (Phi) is 6.17. The molecule has 1 aliphatic heterocycles. The molecule has 1 aliphatic rings. The van der Waals surface area contributed by atoms with E-state index in [1.807, 2.05) is 18.2 Å². The maximum atomic E-state index is 13.3. The zero-order valence-electron chi connectivity index (χ0n) is 17.8. The van der Waals surface area contributed by atoms with Gasteiger partial charge in [-0.2, -0.15) is 4.31 Å². The molecule has 3 aromatic rings. The maximum absolute atomic E-state index is 13.3. The van der Waals surface area contributed by atoms with Gasteiger partial charge in [-0.25, -0.2) is 8.42 Å². The first-order chi connectivity index (χ1) is 15.8. The Morgan fingerprint density at radius 2 is 1.52 bits per heavy atom. The highest BCUT2D eigenvalue weighted by Crippen LogP contribution is 2.30. The Morgan fingerprint density at radius 1 is 0.939 bits per heavy atom. The lowest BCUT2D eigenvalue weighted by Crippen LogP contribution is -2.48. The topological polar surface area (TPSA) is 113 Å². The molecule has 0 aromatic heterocycles. The maximum Gasteiger partial charge on any atom is 0.322 e. The number of benzene rings is 3. The summed E-state index contributed by atoms with van der Waals surface area (Å²) >= 11 is 0. The van der Waals surface area contributed by atoms with Crippen LogP contribution in [0.5, 0.6) is 11.5 Å². The molecule has 0 saturated carbocycles. The minimum absolute atomic E-state index is 0.00852. The monoisotopic (exact) mass is 466 g/mol. The predicted octanol–water partition coefficient (Wildman–Crippen LogP) is 3.04. The number of carbonyl (C=O) groups is 2. The van der Waals surface area contributed by atoms with E-state index in [1.54, 1.807) is 37.4 Å². The fourth-order valence-electron chi connectivity index (χ4n) is 3.73. The molecule has 0 radical (unpaired) electrons. The van der Waals surface area contributed by atoms with Crippen LogP contribution in [0.25, 0.3) is 0 Å². The summed E-state index contributed by atoms with van der Waals surface area (Å²) in [6.07, 6.45) is 0.109. The summed E-state index contributed by atoms with van der Waals surface area (Å²) in [5, 5.41) is 12.2. The van der Waals surface area contributed by atoms with Gasteiger partial charge in [0.25, 0.3) is 5.91 Å². The number of nitrogens with zero attached hydrogens (tertiary/aromatic N) is 1. The van der Waals surface area contributed by atoms with Gasteiger partial charge in [-0.05, 0) is 59.7 Å². The molecule has 170 valence electrons. The fourth-order valence-corrected chi connectivity index (χ4v) is 5.29. The van der Waals surface area contributed by atoms with Gasteiger partial charge < -0.3 is 15.2 Å². The number of hydrogen-bond acceptors (Lipinski definition) is 5. The third-order valence-corrected chi connectivity index (χ3v) is 7.37. The van der Waals surface area contributed by atoms with Crippen molar-refractivity contribution < 1.29 is 27.9 Å². The fraction of sp³-hybridized carbons (Fsp3) is 0.167. The first-order valence-corrected chi connectivity index (χ1v) is 11.6. The number of aliphatic carboxylic acids is 1. The molecule has 33 heavy (non-hydrogen) atoms. The van der Waals surface area contributed by atoms with Gasteiger partial charge in [-0.3, -0.25) is 9.59 Å². The second-order valence-corrected chi connectivity index (χ2v) is 9.44. The number of carboxylic acid groups (broad SMARTS) is 1. The van der Waals surface area contributed by atoms with Gasteiger partial charge in [0.1, 0.15) is 17.5 Å². The molecule has 8 nitrogen and oxygen atoms in total. The third kappa shape index (κ3) is 4.59. The molecule has 0 saturated heterocycles. The van der Waals surface area contributed by atoms with Crippen molar-refractivity contribution in [3.63, 3.8) is 0 Å². The number of ether oxygens (including phenoxy) is 1. The van der Waals surface area contributed by atoms with Crippen LogP contribution in [0.15, 0.2) is 77.7 Å². The van der Waals surface area contributed by atoms with Gasteiger partial charge in [0.2, 0.25) is 10.0 Å². The number of nitrogens with one attached hydrogen (secondary N) is 1. The van der Waals surface area contributed by atoms with Crippen molar-refractivity contribution in [2.45, 2.75) is 23.9 Å². The van der Waals surface area contributed by atoms with E-state index in [4.69, 9.17) is 4.74 Å². The second-order valence-electron chi connectivity index (χ2n) is 7.55. The smallest absolute Gasteiger partial charge is 0.322 e. The lowest BCUT2D eigenvalue weighted by atomic mass is 9.96. The number of carbonyl (C=O) groups excluding carboxylic acids is 1. The minimum Gasteiger partial charge on any atom is -0.480 e. The third-order valence-electron chi connectivity index (χ3n) is 5.50. The van der Waals surface area contributed by atoms with Crippen molar-refractivity contribution in [1.82, 2.24) is 9.62 Å². The second kappa shape index (κ2) is 9.05. The van der Waals surface area contributed by atoms with Gasteiger partial charge in [0, 0.05) is 25.6 Å². The van der Waals surface area contributed by atoms with Gasteiger partial charge >= 0.3 is 5.97 Å². The molecule has 4 rings (SSSR count). The van der Waals surface area contributed by atoms with E-state index in [1.165, 1.54) is 24.3 Å². The van der Waals surface area contributed by atoms with Gasteiger partial charge in [-0.1, -0.05) is 24.3 Å². The van der Waals surface area contributed by atoms with Crippen LogP contribution in [0.1, 0.15) is 21.5 Å². The molecule has 9 heteroatoms. The Labute approximate surface area is 191 Å². The number of rotatable bonds is 6. The molecule has 0 fully saturated rings. The zero-order valence-corrected chi connectivity index (χ0v) is 18.6. The molecular formula is C24H22N2O6S. The van der Waals surface area contributed by atoms with E-state index < -0.39 is 22.0 Å².